The Labute approximate surface area is 260 Å². The molecule has 6 fully saturated rings. The van der Waals surface area contributed by atoms with Crippen LogP contribution >= 0.6 is 0 Å². The Kier molecular flexibility index (Phi) is 6.75. The summed E-state index contributed by atoms with van der Waals surface area (Å²) >= 11 is 0. The number of carbonyl (C=O) groups is 2. The van der Waals surface area contributed by atoms with Gasteiger partial charge in [0.15, 0.2) is 12.1 Å². The van der Waals surface area contributed by atoms with Crippen LogP contribution in [0.2, 0.25) is 0 Å². The van der Waals surface area contributed by atoms with E-state index in [-0.39, 0.29) is 63.7 Å². The predicted octanol–water partition coefficient (Wildman–Crippen LogP) is 3.09. The Hall–Kier alpha value is -1.20. The summed E-state index contributed by atoms with van der Waals surface area (Å²) in [4.78, 5) is 27.0. The van der Waals surface area contributed by atoms with Gasteiger partial charge in [-0.1, -0.05) is 46.3 Å². The fourth-order valence-corrected chi connectivity index (χ4v) is 11.9. The van der Waals surface area contributed by atoms with E-state index in [0.29, 0.717) is 19.3 Å². The minimum atomic E-state index is -1.33. The van der Waals surface area contributed by atoms with Crippen molar-refractivity contribution in [2.75, 3.05) is 6.61 Å². The van der Waals surface area contributed by atoms with Crippen LogP contribution in [-0.4, -0.2) is 87.1 Å². The summed E-state index contributed by atoms with van der Waals surface area (Å²) in [7, 11) is 0. The number of epoxide rings is 1. The van der Waals surface area contributed by atoms with E-state index in [4.69, 9.17) is 14.2 Å². The van der Waals surface area contributed by atoms with Gasteiger partial charge in [-0.25, -0.2) is 0 Å². The molecule has 0 bridgehead atoms. The minimum absolute atomic E-state index is 0.0687. The number of allylic oxidation sites excluding steroid dienone is 1. The lowest BCUT2D eigenvalue weighted by atomic mass is 9.44. The maximum atomic E-state index is 13.9. The van der Waals surface area contributed by atoms with Gasteiger partial charge in [0.2, 0.25) is 0 Å². The number of Topliss-reactive ketones (excluding diaryl/α,β-unsaturated/α-hetero) is 2. The Balaban J connectivity index is 1.15. The topological polar surface area (TPSA) is 146 Å². The third kappa shape index (κ3) is 3.84. The first kappa shape index (κ1) is 31.4. The molecule has 0 aromatic carbocycles. The van der Waals surface area contributed by atoms with Crippen LogP contribution in [0.15, 0.2) is 11.6 Å². The van der Waals surface area contributed by atoms with Crippen LogP contribution in [0.5, 0.6) is 0 Å². The van der Waals surface area contributed by atoms with E-state index in [1.165, 1.54) is 5.57 Å². The van der Waals surface area contributed by atoms with Crippen molar-refractivity contribution in [3.05, 3.63) is 11.6 Å². The Morgan fingerprint density at radius 1 is 1.09 bits per heavy atom. The molecule has 2 spiro atoms. The third-order valence-corrected chi connectivity index (χ3v) is 14.4. The lowest BCUT2D eigenvalue weighted by Crippen LogP contribution is -2.59. The predicted molar refractivity (Wildman–Crippen MR) is 159 cm³/mol. The summed E-state index contributed by atoms with van der Waals surface area (Å²) in [5, 5.41) is 42.9. The second-order valence-electron chi connectivity index (χ2n) is 17.3. The molecule has 5 aliphatic carbocycles. The zero-order valence-corrected chi connectivity index (χ0v) is 27.3. The summed E-state index contributed by atoms with van der Waals surface area (Å²) in [6, 6.07) is 0. The number of hydrogen-bond donors (Lipinski definition) is 4. The summed E-state index contributed by atoms with van der Waals surface area (Å²) < 4.78 is 17.6. The van der Waals surface area contributed by atoms with Crippen molar-refractivity contribution >= 4 is 11.6 Å². The maximum absolute atomic E-state index is 13.9. The molecule has 0 aromatic heterocycles. The number of ketones is 2. The molecule has 44 heavy (non-hydrogen) atoms. The second-order valence-corrected chi connectivity index (χ2v) is 17.3. The molecule has 0 aromatic rings. The Bertz CT molecular complexity index is 1290. The quantitative estimate of drug-likeness (QED) is 0.261. The molecule has 2 saturated heterocycles. The van der Waals surface area contributed by atoms with Crippen LogP contribution in [0, 0.1) is 44.8 Å². The highest BCUT2D eigenvalue weighted by Gasteiger charge is 2.84. The number of carbonyl (C=O) groups excluding carboxylic acids is 2. The van der Waals surface area contributed by atoms with Crippen LogP contribution in [0.4, 0.5) is 0 Å². The Morgan fingerprint density at radius 3 is 2.43 bits per heavy atom. The van der Waals surface area contributed by atoms with E-state index in [2.05, 4.69) is 33.8 Å². The monoisotopic (exact) mass is 616 g/mol. The number of rotatable bonds is 6. The van der Waals surface area contributed by atoms with Crippen LogP contribution in [0.25, 0.3) is 0 Å². The van der Waals surface area contributed by atoms with Gasteiger partial charge in [-0.05, 0) is 74.0 Å². The zero-order chi connectivity index (χ0) is 32.0. The number of ether oxygens (including phenoxy) is 3. The van der Waals surface area contributed by atoms with Crippen molar-refractivity contribution in [2.45, 2.75) is 142 Å². The highest BCUT2D eigenvalue weighted by Crippen LogP contribution is 2.87. The van der Waals surface area contributed by atoms with E-state index >= 15 is 0 Å². The molecule has 0 radical (unpaired) electrons. The van der Waals surface area contributed by atoms with Crippen LogP contribution < -0.4 is 0 Å². The van der Waals surface area contributed by atoms with Crippen molar-refractivity contribution < 1.29 is 44.2 Å². The molecule has 246 valence electrons. The molecule has 2 aliphatic heterocycles. The smallest absolute Gasteiger partial charge is 0.186 e. The van der Waals surface area contributed by atoms with Crippen molar-refractivity contribution in [1.29, 1.82) is 0 Å². The Morgan fingerprint density at radius 2 is 1.77 bits per heavy atom. The summed E-state index contributed by atoms with van der Waals surface area (Å²) in [5.41, 5.74) is -0.761. The molecule has 7 aliphatic rings. The van der Waals surface area contributed by atoms with E-state index in [1.54, 1.807) is 0 Å². The minimum Gasteiger partial charge on any atom is -0.392 e. The molecule has 2 heterocycles. The number of aliphatic hydroxyl groups is 4. The first-order valence-corrected chi connectivity index (χ1v) is 16.8. The first-order valence-electron chi connectivity index (χ1n) is 16.8. The summed E-state index contributed by atoms with van der Waals surface area (Å²) in [6.45, 7) is 14.6. The van der Waals surface area contributed by atoms with Gasteiger partial charge < -0.3 is 34.6 Å². The standard InChI is InChI=1S/C35H52O9/c1-17(12-18(36)28-31(4,5)44-28)25-19(37)13-32(6)22-9-8-21-30(2,3)24(43-29-27(41)26(40)20(38)15-42-29)10-11-34(21)16-35(22,34)23(39)14-33(25,32)7/h9,17,20-21,23-29,38-41H,8,10-16H2,1-7H3/t17-,20-,21+,23?,24?,25+,26+,27-,28?,29+,32+,33-,34-,35+/m1/s1. The van der Waals surface area contributed by atoms with Crippen molar-refractivity contribution in [1.82, 2.24) is 0 Å². The fourth-order valence-electron chi connectivity index (χ4n) is 11.9. The van der Waals surface area contributed by atoms with Crippen molar-refractivity contribution in [3.8, 4) is 0 Å². The van der Waals surface area contributed by atoms with Gasteiger partial charge >= 0.3 is 0 Å². The molecule has 4 N–H and O–H groups in total. The second kappa shape index (κ2) is 9.45. The summed E-state index contributed by atoms with van der Waals surface area (Å²) in [5.74, 6) is 0.0812. The molecule has 9 nitrogen and oxygen atoms in total. The zero-order valence-electron chi connectivity index (χ0n) is 27.3. The van der Waals surface area contributed by atoms with E-state index < -0.39 is 47.8 Å². The van der Waals surface area contributed by atoms with Gasteiger partial charge in [0.05, 0.1) is 24.4 Å². The average molecular weight is 617 g/mol. The first-order chi connectivity index (χ1) is 20.4. The molecule has 3 unspecified atom stereocenters. The molecule has 9 heteroatoms. The maximum Gasteiger partial charge on any atom is 0.186 e. The molecular formula is C35H52O9. The normalized spacial score (nSPS) is 53.8. The van der Waals surface area contributed by atoms with Gasteiger partial charge in [-0.15, -0.1) is 0 Å². The van der Waals surface area contributed by atoms with E-state index in [9.17, 15) is 30.0 Å². The molecular weight excluding hydrogens is 564 g/mol. The van der Waals surface area contributed by atoms with Crippen LogP contribution in [0.1, 0.15) is 93.4 Å². The van der Waals surface area contributed by atoms with Gasteiger partial charge in [0.25, 0.3) is 0 Å². The fraction of sp³-hybridized carbons (Fsp3) is 0.886. The van der Waals surface area contributed by atoms with Crippen molar-refractivity contribution in [3.63, 3.8) is 0 Å². The van der Waals surface area contributed by atoms with Gasteiger partial charge in [-0.2, -0.15) is 0 Å². The van der Waals surface area contributed by atoms with Gasteiger partial charge in [-0.3, -0.25) is 9.59 Å². The third-order valence-electron chi connectivity index (χ3n) is 14.4. The molecule has 4 saturated carbocycles. The number of hydrogen-bond acceptors (Lipinski definition) is 9. The SMILES string of the molecule is C[C@H](CC(=O)C1OC1(C)C)[C@H]1C(=O)C[C@@]2(C)C3=CC[C@H]4C(C)(C)C(O[C@@H]5OC[C@@H](O)[C@H](O)[C@H]5O)CC[C@@]45C[C@@]35C(O)C[C@]12C. The lowest BCUT2D eigenvalue weighted by Gasteiger charge is -2.61. The van der Waals surface area contributed by atoms with Crippen LogP contribution in [-0.2, 0) is 23.8 Å². The lowest BCUT2D eigenvalue weighted by molar-refractivity contribution is -0.301. The summed E-state index contributed by atoms with van der Waals surface area (Å²) in [6.07, 6.45) is 0.934. The van der Waals surface area contributed by atoms with E-state index in [1.807, 2.05) is 20.8 Å². The highest BCUT2D eigenvalue weighted by atomic mass is 16.7. The van der Waals surface area contributed by atoms with E-state index in [0.717, 1.165) is 25.7 Å². The molecule has 7 rings (SSSR count). The van der Waals surface area contributed by atoms with Crippen LogP contribution in [0.3, 0.4) is 0 Å². The van der Waals surface area contributed by atoms with Crippen molar-refractivity contribution in [2.24, 2.45) is 44.8 Å². The number of aliphatic hydroxyl groups excluding tert-OH is 4. The highest BCUT2D eigenvalue weighted by molar-refractivity contribution is 5.90. The van der Waals surface area contributed by atoms with Gasteiger partial charge in [0, 0.05) is 29.6 Å². The number of fused-ring (bicyclic) bond motifs is 2. The molecule has 14 atom stereocenters. The van der Waals surface area contributed by atoms with Gasteiger partial charge in [0.1, 0.15) is 30.2 Å². The molecule has 0 amide bonds. The largest absolute Gasteiger partial charge is 0.392 e. The average Bonchev–Trinajstić information content (AvgIpc) is 3.78.